The van der Waals surface area contributed by atoms with E-state index in [1.807, 2.05) is 34.9 Å². The standard InChI is InChI=1S/C16H20N2O3/c1-11(17-8-6-13(10-17)16(20)21)15(19)18-9-7-12-4-2-3-5-14(12)18/h2-5,11,13H,6-10H2,1H3,(H,20,21). The van der Waals surface area contributed by atoms with Crippen molar-refractivity contribution in [1.82, 2.24) is 4.90 Å². The fourth-order valence-electron chi connectivity index (χ4n) is 3.29. The van der Waals surface area contributed by atoms with E-state index in [0.717, 1.165) is 18.7 Å². The summed E-state index contributed by atoms with van der Waals surface area (Å²) in [5, 5.41) is 9.07. The fourth-order valence-corrected chi connectivity index (χ4v) is 3.29. The van der Waals surface area contributed by atoms with Crippen LogP contribution in [0.2, 0.25) is 0 Å². The third kappa shape index (κ3) is 2.53. The number of anilines is 1. The molecule has 2 heterocycles. The van der Waals surface area contributed by atoms with Gasteiger partial charge in [0, 0.05) is 18.8 Å². The number of rotatable bonds is 3. The smallest absolute Gasteiger partial charge is 0.307 e. The minimum Gasteiger partial charge on any atom is -0.481 e. The number of amides is 1. The van der Waals surface area contributed by atoms with Crippen LogP contribution in [0.1, 0.15) is 18.9 Å². The number of hydrogen-bond acceptors (Lipinski definition) is 3. The van der Waals surface area contributed by atoms with Crippen LogP contribution in [-0.2, 0) is 16.0 Å². The molecule has 5 heteroatoms. The predicted molar refractivity (Wildman–Crippen MR) is 79.3 cm³/mol. The summed E-state index contributed by atoms with van der Waals surface area (Å²) < 4.78 is 0. The van der Waals surface area contributed by atoms with Crippen LogP contribution in [0.3, 0.4) is 0 Å². The van der Waals surface area contributed by atoms with Crippen molar-refractivity contribution in [2.45, 2.75) is 25.8 Å². The summed E-state index contributed by atoms with van der Waals surface area (Å²) in [5.41, 5.74) is 2.21. The topological polar surface area (TPSA) is 60.9 Å². The molecule has 5 nitrogen and oxygen atoms in total. The van der Waals surface area contributed by atoms with E-state index >= 15 is 0 Å². The van der Waals surface area contributed by atoms with E-state index in [0.29, 0.717) is 19.5 Å². The van der Waals surface area contributed by atoms with Crippen LogP contribution in [0.15, 0.2) is 24.3 Å². The molecule has 1 saturated heterocycles. The first-order valence-corrected chi connectivity index (χ1v) is 7.44. The number of benzene rings is 1. The number of carboxylic acid groups (broad SMARTS) is 1. The molecule has 112 valence electrons. The second-order valence-corrected chi connectivity index (χ2v) is 5.86. The van der Waals surface area contributed by atoms with E-state index in [2.05, 4.69) is 6.07 Å². The molecule has 3 rings (SSSR count). The van der Waals surface area contributed by atoms with Crippen molar-refractivity contribution in [2.75, 3.05) is 24.5 Å². The van der Waals surface area contributed by atoms with Crippen molar-refractivity contribution in [1.29, 1.82) is 0 Å². The third-order valence-corrected chi connectivity index (χ3v) is 4.63. The van der Waals surface area contributed by atoms with Crippen LogP contribution >= 0.6 is 0 Å². The maximum Gasteiger partial charge on any atom is 0.307 e. The molecule has 0 saturated carbocycles. The molecule has 2 unspecified atom stereocenters. The Morgan fingerprint density at radius 2 is 2.05 bits per heavy atom. The number of nitrogens with zero attached hydrogens (tertiary/aromatic N) is 2. The highest BCUT2D eigenvalue weighted by Crippen LogP contribution is 2.29. The average molecular weight is 288 g/mol. The molecule has 0 bridgehead atoms. The van der Waals surface area contributed by atoms with Crippen molar-refractivity contribution >= 4 is 17.6 Å². The van der Waals surface area contributed by atoms with E-state index < -0.39 is 5.97 Å². The SMILES string of the molecule is CC(C(=O)N1CCc2ccccc21)N1CCC(C(=O)O)C1. The molecule has 0 radical (unpaired) electrons. The first-order chi connectivity index (χ1) is 10.1. The lowest BCUT2D eigenvalue weighted by molar-refractivity contribution is -0.141. The van der Waals surface area contributed by atoms with Gasteiger partial charge in [0.25, 0.3) is 0 Å². The molecule has 0 spiro atoms. The minimum atomic E-state index is -0.760. The molecule has 0 aliphatic carbocycles. The number of carbonyl (C=O) groups is 2. The molecule has 2 atom stereocenters. The largest absolute Gasteiger partial charge is 0.481 e. The number of para-hydroxylation sites is 1. The summed E-state index contributed by atoms with van der Waals surface area (Å²) in [7, 11) is 0. The molecular formula is C16H20N2O3. The van der Waals surface area contributed by atoms with Crippen molar-refractivity contribution in [3.63, 3.8) is 0 Å². The maximum atomic E-state index is 12.7. The van der Waals surface area contributed by atoms with Gasteiger partial charge in [0.15, 0.2) is 0 Å². The third-order valence-electron chi connectivity index (χ3n) is 4.63. The Morgan fingerprint density at radius 3 is 2.76 bits per heavy atom. The first-order valence-electron chi connectivity index (χ1n) is 7.44. The summed E-state index contributed by atoms with van der Waals surface area (Å²) in [6, 6.07) is 7.72. The van der Waals surface area contributed by atoms with E-state index in [1.54, 1.807) is 0 Å². The molecule has 21 heavy (non-hydrogen) atoms. The minimum absolute atomic E-state index is 0.0750. The molecular weight excluding hydrogens is 268 g/mol. The molecule has 1 aromatic rings. The van der Waals surface area contributed by atoms with Gasteiger partial charge in [-0.3, -0.25) is 14.5 Å². The summed E-state index contributed by atoms with van der Waals surface area (Å²) in [4.78, 5) is 27.6. The zero-order valence-electron chi connectivity index (χ0n) is 12.2. The highest BCUT2D eigenvalue weighted by atomic mass is 16.4. The number of likely N-dealkylation sites (tertiary alicyclic amines) is 1. The zero-order chi connectivity index (χ0) is 15.0. The first kappa shape index (κ1) is 14.1. The van der Waals surface area contributed by atoms with E-state index in [9.17, 15) is 9.59 Å². The lowest BCUT2D eigenvalue weighted by Gasteiger charge is -2.28. The molecule has 1 amide bonds. The van der Waals surface area contributed by atoms with Crippen LogP contribution < -0.4 is 4.90 Å². The number of carboxylic acids is 1. The number of carbonyl (C=O) groups excluding carboxylic acids is 1. The van der Waals surface area contributed by atoms with Crippen molar-refractivity contribution in [2.24, 2.45) is 5.92 Å². The highest BCUT2D eigenvalue weighted by Gasteiger charge is 2.36. The average Bonchev–Trinajstić information content (AvgIpc) is 3.12. The second-order valence-electron chi connectivity index (χ2n) is 5.86. The van der Waals surface area contributed by atoms with Crippen LogP contribution in [0.4, 0.5) is 5.69 Å². The summed E-state index contributed by atoms with van der Waals surface area (Å²) in [6.45, 7) is 3.75. The number of fused-ring (bicyclic) bond motifs is 1. The zero-order valence-corrected chi connectivity index (χ0v) is 12.2. The van der Waals surface area contributed by atoms with Crippen molar-refractivity contribution in [3.8, 4) is 0 Å². The van der Waals surface area contributed by atoms with Gasteiger partial charge in [-0.05, 0) is 37.9 Å². The molecule has 2 aliphatic heterocycles. The summed E-state index contributed by atoms with van der Waals surface area (Å²) >= 11 is 0. The Bertz CT molecular complexity index is 572. The van der Waals surface area contributed by atoms with E-state index in [4.69, 9.17) is 5.11 Å². The van der Waals surface area contributed by atoms with Gasteiger partial charge < -0.3 is 10.0 Å². The van der Waals surface area contributed by atoms with Gasteiger partial charge in [-0.15, -0.1) is 0 Å². The van der Waals surface area contributed by atoms with Gasteiger partial charge in [0.05, 0.1) is 12.0 Å². The quantitative estimate of drug-likeness (QED) is 0.912. The van der Waals surface area contributed by atoms with Gasteiger partial charge in [0.1, 0.15) is 0 Å². The summed E-state index contributed by atoms with van der Waals surface area (Å²) in [6.07, 6.45) is 1.52. The fraction of sp³-hybridized carbons (Fsp3) is 0.500. The number of hydrogen-bond donors (Lipinski definition) is 1. The normalized spacial score (nSPS) is 23.1. The Kier molecular flexibility index (Phi) is 3.68. The van der Waals surface area contributed by atoms with Crippen LogP contribution in [0, 0.1) is 5.92 Å². The molecule has 1 fully saturated rings. The summed E-state index contributed by atoms with van der Waals surface area (Å²) in [5.74, 6) is -1.03. The lowest BCUT2D eigenvalue weighted by Crippen LogP contribution is -2.46. The van der Waals surface area contributed by atoms with Crippen LogP contribution in [-0.4, -0.2) is 47.6 Å². The highest BCUT2D eigenvalue weighted by molar-refractivity contribution is 5.98. The monoisotopic (exact) mass is 288 g/mol. The predicted octanol–water partition coefficient (Wildman–Crippen LogP) is 1.37. The molecule has 2 aliphatic rings. The Labute approximate surface area is 124 Å². The van der Waals surface area contributed by atoms with Gasteiger partial charge in [-0.1, -0.05) is 18.2 Å². The van der Waals surface area contributed by atoms with Crippen LogP contribution in [0.5, 0.6) is 0 Å². The lowest BCUT2D eigenvalue weighted by atomic mass is 10.1. The number of aliphatic carboxylic acids is 1. The Balaban J connectivity index is 1.70. The Hall–Kier alpha value is -1.88. The van der Waals surface area contributed by atoms with E-state index in [1.165, 1.54) is 5.56 Å². The Morgan fingerprint density at radius 1 is 1.29 bits per heavy atom. The van der Waals surface area contributed by atoms with Gasteiger partial charge in [-0.2, -0.15) is 0 Å². The van der Waals surface area contributed by atoms with Crippen molar-refractivity contribution < 1.29 is 14.7 Å². The van der Waals surface area contributed by atoms with Gasteiger partial charge in [0.2, 0.25) is 5.91 Å². The van der Waals surface area contributed by atoms with Crippen molar-refractivity contribution in [3.05, 3.63) is 29.8 Å². The molecule has 0 aromatic heterocycles. The van der Waals surface area contributed by atoms with Gasteiger partial charge >= 0.3 is 5.97 Å². The van der Waals surface area contributed by atoms with Gasteiger partial charge in [-0.25, -0.2) is 0 Å². The molecule has 1 N–H and O–H groups in total. The second kappa shape index (κ2) is 5.48. The molecule has 1 aromatic carbocycles. The maximum absolute atomic E-state index is 12.7. The van der Waals surface area contributed by atoms with Crippen LogP contribution in [0.25, 0.3) is 0 Å². The van der Waals surface area contributed by atoms with E-state index in [-0.39, 0.29) is 17.9 Å².